The van der Waals surface area contributed by atoms with Gasteiger partial charge in [-0.3, -0.25) is 4.79 Å². The first-order valence-corrected chi connectivity index (χ1v) is 5.65. The van der Waals surface area contributed by atoms with E-state index in [9.17, 15) is 9.18 Å². The van der Waals surface area contributed by atoms with E-state index in [1.54, 1.807) is 12.1 Å². The molecule has 88 valence electrons. The van der Waals surface area contributed by atoms with Gasteiger partial charge in [0.2, 0.25) is 0 Å². The number of hydrogen-bond acceptors (Lipinski definition) is 1. The molecule has 1 aliphatic rings. The quantitative estimate of drug-likeness (QED) is 0.756. The van der Waals surface area contributed by atoms with Crippen LogP contribution >= 0.6 is 0 Å². The summed E-state index contributed by atoms with van der Waals surface area (Å²) < 4.78 is 12.7. The number of rotatable bonds is 1. The van der Waals surface area contributed by atoms with Crippen LogP contribution in [0.5, 0.6) is 0 Å². The normalized spacial score (nSPS) is 22.9. The fourth-order valence-electron chi connectivity index (χ4n) is 2.06. The molecule has 17 heavy (non-hydrogen) atoms. The van der Waals surface area contributed by atoms with Crippen molar-refractivity contribution in [2.75, 3.05) is 0 Å². The first-order chi connectivity index (χ1) is 8.15. The van der Waals surface area contributed by atoms with Gasteiger partial charge in [-0.15, -0.1) is 0 Å². The maximum atomic E-state index is 12.7. The van der Waals surface area contributed by atoms with Crippen LogP contribution in [0, 0.1) is 29.5 Å². The summed E-state index contributed by atoms with van der Waals surface area (Å²) in [5.74, 6) is 4.93. The molecule has 0 saturated heterocycles. The number of aliphatic carboxylic acids is 1. The zero-order valence-corrected chi connectivity index (χ0v) is 9.32. The highest BCUT2D eigenvalue weighted by atomic mass is 19.1. The third kappa shape index (κ3) is 3.07. The van der Waals surface area contributed by atoms with Crippen molar-refractivity contribution in [3.8, 4) is 11.8 Å². The second-order valence-corrected chi connectivity index (χ2v) is 4.32. The van der Waals surface area contributed by atoms with Crippen LogP contribution in [0.25, 0.3) is 0 Å². The largest absolute Gasteiger partial charge is 0.481 e. The van der Waals surface area contributed by atoms with Crippen molar-refractivity contribution < 1.29 is 14.3 Å². The fraction of sp³-hybridized carbons (Fsp3) is 0.357. The van der Waals surface area contributed by atoms with Crippen LogP contribution < -0.4 is 0 Å². The standard InChI is InChI=1S/C14H13FO2/c15-13-7-4-10(5-8-13)1-2-11-3-6-12(9-11)14(16)17/h4-5,7-8,11-12H,3,6,9H2,(H,16,17). The molecular formula is C14H13FO2. The van der Waals surface area contributed by atoms with Crippen molar-refractivity contribution in [1.82, 2.24) is 0 Å². The summed E-state index contributed by atoms with van der Waals surface area (Å²) in [6.45, 7) is 0. The molecule has 0 amide bonds. The number of halogens is 1. The smallest absolute Gasteiger partial charge is 0.306 e. The van der Waals surface area contributed by atoms with E-state index in [4.69, 9.17) is 5.11 Å². The van der Waals surface area contributed by atoms with Gasteiger partial charge in [0.1, 0.15) is 5.82 Å². The predicted octanol–water partition coefficient (Wildman–Crippen LogP) is 2.68. The van der Waals surface area contributed by atoms with Crippen molar-refractivity contribution in [2.24, 2.45) is 11.8 Å². The number of carbonyl (C=O) groups is 1. The maximum Gasteiger partial charge on any atom is 0.306 e. The number of benzene rings is 1. The van der Waals surface area contributed by atoms with Crippen molar-refractivity contribution in [3.05, 3.63) is 35.6 Å². The number of carboxylic acid groups (broad SMARTS) is 1. The molecule has 3 heteroatoms. The maximum absolute atomic E-state index is 12.7. The zero-order chi connectivity index (χ0) is 12.3. The van der Waals surface area contributed by atoms with E-state index in [2.05, 4.69) is 11.8 Å². The van der Waals surface area contributed by atoms with Crippen LogP contribution in [-0.4, -0.2) is 11.1 Å². The number of hydrogen-bond donors (Lipinski definition) is 1. The Morgan fingerprint density at radius 1 is 1.29 bits per heavy atom. The summed E-state index contributed by atoms with van der Waals surface area (Å²) in [5, 5.41) is 8.86. The Morgan fingerprint density at radius 3 is 2.59 bits per heavy atom. The van der Waals surface area contributed by atoms with Crippen molar-refractivity contribution in [3.63, 3.8) is 0 Å². The highest BCUT2D eigenvalue weighted by molar-refractivity contribution is 5.70. The molecule has 0 bridgehead atoms. The molecule has 0 aliphatic heterocycles. The van der Waals surface area contributed by atoms with E-state index < -0.39 is 5.97 Å². The molecule has 2 nitrogen and oxygen atoms in total. The average Bonchev–Trinajstić information content (AvgIpc) is 2.77. The molecule has 0 heterocycles. The van der Waals surface area contributed by atoms with Gasteiger partial charge in [0.05, 0.1) is 5.92 Å². The molecule has 1 aromatic carbocycles. The minimum absolute atomic E-state index is 0.154. The summed E-state index contributed by atoms with van der Waals surface area (Å²) >= 11 is 0. The van der Waals surface area contributed by atoms with Gasteiger partial charge in [-0.1, -0.05) is 11.8 Å². The van der Waals surface area contributed by atoms with Gasteiger partial charge in [-0.25, -0.2) is 4.39 Å². The van der Waals surface area contributed by atoms with Crippen LogP contribution in [-0.2, 0) is 4.79 Å². The van der Waals surface area contributed by atoms with Crippen LogP contribution in [0.1, 0.15) is 24.8 Å². The molecule has 1 aliphatic carbocycles. The molecule has 1 aromatic rings. The Morgan fingerprint density at radius 2 is 2.00 bits per heavy atom. The summed E-state index contributed by atoms with van der Waals surface area (Å²) in [5.41, 5.74) is 0.769. The van der Waals surface area contributed by atoms with Crippen LogP contribution in [0.4, 0.5) is 4.39 Å². The van der Waals surface area contributed by atoms with Gasteiger partial charge in [0, 0.05) is 11.5 Å². The van der Waals surface area contributed by atoms with Gasteiger partial charge >= 0.3 is 5.97 Å². The molecule has 1 fully saturated rings. The van der Waals surface area contributed by atoms with Gasteiger partial charge in [-0.2, -0.15) is 0 Å². The third-order valence-electron chi connectivity index (χ3n) is 3.05. The summed E-state index contributed by atoms with van der Waals surface area (Å²) in [4.78, 5) is 10.8. The molecule has 2 rings (SSSR count). The van der Waals surface area contributed by atoms with Gasteiger partial charge < -0.3 is 5.11 Å². The molecular weight excluding hydrogens is 219 g/mol. The second kappa shape index (κ2) is 5.01. The lowest BCUT2D eigenvalue weighted by molar-refractivity contribution is -0.141. The molecule has 2 unspecified atom stereocenters. The topological polar surface area (TPSA) is 37.3 Å². The van der Waals surface area contributed by atoms with Crippen LogP contribution in [0.2, 0.25) is 0 Å². The molecule has 1 N–H and O–H groups in total. The Hall–Kier alpha value is -1.82. The van der Waals surface area contributed by atoms with Crippen LogP contribution in [0.3, 0.4) is 0 Å². The molecule has 1 saturated carbocycles. The van der Waals surface area contributed by atoms with E-state index in [1.807, 2.05) is 0 Å². The lowest BCUT2D eigenvalue weighted by Gasteiger charge is -2.00. The first kappa shape index (κ1) is 11.7. The fourth-order valence-corrected chi connectivity index (χ4v) is 2.06. The van der Waals surface area contributed by atoms with Crippen LogP contribution in [0.15, 0.2) is 24.3 Å². The average molecular weight is 232 g/mol. The SMILES string of the molecule is O=C(O)C1CCC(C#Cc2ccc(F)cc2)C1. The summed E-state index contributed by atoms with van der Waals surface area (Å²) in [6, 6.07) is 6.01. The van der Waals surface area contributed by atoms with Crippen molar-refractivity contribution >= 4 is 5.97 Å². The lowest BCUT2D eigenvalue weighted by atomic mass is 10.1. The Bertz CT molecular complexity index is 467. The van der Waals surface area contributed by atoms with Gasteiger partial charge in [-0.05, 0) is 43.5 Å². The molecule has 0 radical (unpaired) electrons. The molecule has 0 aromatic heterocycles. The highest BCUT2D eigenvalue weighted by Crippen LogP contribution is 2.30. The second-order valence-electron chi connectivity index (χ2n) is 4.32. The Kier molecular flexibility index (Phi) is 3.43. The first-order valence-electron chi connectivity index (χ1n) is 5.65. The minimum atomic E-state index is -0.726. The minimum Gasteiger partial charge on any atom is -0.481 e. The Balaban J connectivity index is 1.99. The van der Waals surface area contributed by atoms with E-state index in [0.717, 1.165) is 12.0 Å². The molecule has 2 atom stereocenters. The van der Waals surface area contributed by atoms with Crippen molar-refractivity contribution in [2.45, 2.75) is 19.3 Å². The van der Waals surface area contributed by atoms with E-state index >= 15 is 0 Å². The highest BCUT2D eigenvalue weighted by Gasteiger charge is 2.28. The van der Waals surface area contributed by atoms with Crippen molar-refractivity contribution in [1.29, 1.82) is 0 Å². The van der Waals surface area contributed by atoms with Gasteiger partial charge in [0.25, 0.3) is 0 Å². The summed E-state index contributed by atoms with van der Waals surface area (Å²) in [7, 11) is 0. The third-order valence-corrected chi connectivity index (χ3v) is 3.05. The lowest BCUT2D eigenvalue weighted by Crippen LogP contribution is -2.09. The monoisotopic (exact) mass is 232 g/mol. The molecule has 0 spiro atoms. The van der Waals surface area contributed by atoms with E-state index in [1.165, 1.54) is 12.1 Å². The predicted molar refractivity (Wildman–Crippen MR) is 61.7 cm³/mol. The zero-order valence-electron chi connectivity index (χ0n) is 9.32. The summed E-state index contributed by atoms with van der Waals surface area (Å²) in [6.07, 6.45) is 2.17. The van der Waals surface area contributed by atoms with E-state index in [-0.39, 0.29) is 17.7 Å². The number of carboxylic acids is 1. The van der Waals surface area contributed by atoms with Gasteiger partial charge in [0.15, 0.2) is 0 Å². The Labute approximate surface area is 99.5 Å². The van der Waals surface area contributed by atoms with E-state index in [0.29, 0.717) is 12.8 Å².